The van der Waals surface area contributed by atoms with Crippen molar-refractivity contribution in [3.63, 3.8) is 0 Å². The van der Waals surface area contributed by atoms with E-state index in [-0.39, 0.29) is 50.8 Å². The van der Waals surface area contributed by atoms with Gasteiger partial charge in [0.2, 0.25) is 0 Å². The second-order valence-electron chi connectivity index (χ2n) is 12.1. The summed E-state index contributed by atoms with van der Waals surface area (Å²) in [5, 5.41) is 58.1. The Hall–Kier alpha value is -7.07. The first-order valence-corrected chi connectivity index (χ1v) is 18.8. The van der Waals surface area contributed by atoms with Crippen LogP contribution >= 0.6 is 0 Å². The summed E-state index contributed by atoms with van der Waals surface area (Å²) < 4.78 is 69.1. The van der Waals surface area contributed by atoms with Crippen molar-refractivity contribution in [2.75, 3.05) is 23.3 Å². The predicted molar refractivity (Wildman–Crippen MR) is 206 cm³/mol. The maximum absolute atomic E-state index is 12.4. The van der Waals surface area contributed by atoms with Crippen LogP contribution in [0.3, 0.4) is 0 Å². The number of aliphatic carboxylic acids is 1. The normalized spacial score (nSPS) is 12.4. The number of fused-ring (bicyclic) bond motifs is 2. The summed E-state index contributed by atoms with van der Waals surface area (Å²) in [7, 11) is -9.91. The molecular weight excluding hydrogens is 771 g/mol. The topological polar surface area (TPSA) is 325 Å². The number of benzene rings is 6. The number of azo groups is 3. The molecule has 0 aliphatic rings. The number of carbonyl (C=O) groups is 1. The summed E-state index contributed by atoms with van der Waals surface area (Å²) >= 11 is 0. The van der Waals surface area contributed by atoms with E-state index in [1.165, 1.54) is 60.7 Å². The fourth-order valence-electron chi connectivity index (χ4n) is 5.43. The monoisotopic (exact) mass is 799 g/mol. The highest BCUT2D eigenvalue weighted by Gasteiger charge is 2.24. The minimum absolute atomic E-state index is 0.00882. The van der Waals surface area contributed by atoms with Gasteiger partial charge in [-0.05, 0) is 108 Å². The average molecular weight is 800 g/mol. The third-order valence-corrected chi connectivity index (χ3v) is 9.86. The molecule has 0 aromatic heterocycles. The quantitative estimate of drug-likeness (QED) is 0.0349. The van der Waals surface area contributed by atoms with E-state index in [2.05, 4.69) is 36.0 Å². The van der Waals surface area contributed by atoms with Crippen molar-refractivity contribution < 1.29 is 46.1 Å². The number of nitrogen functional groups attached to an aromatic ring is 2. The summed E-state index contributed by atoms with van der Waals surface area (Å²) in [6.45, 7) is 1.46. The highest BCUT2D eigenvalue weighted by molar-refractivity contribution is 7.86. The van der Waals surface area contributed by atoms with Crippen molar-refractivity contribution in [2.24, 2.45) is 30.7 Å². The molecule has 0 fully saturated rings. The van der Waals surface area contributed by atoms with E-state index in [1.54, 1.807) is 19.1 Å². The molecule has 0 spiro atoms. The van der Waals surface area contributed by atoms with Gasteiger partial charge in [-0.15, -0.1) is 15.3 Å². The predicted octanol–water partition coefficient (Wildman–Crippen LogP) is 8.11. The van der Waals surface area contributed by atoms with Crippen LogP contribution in [0.2, 0.25) is 0 Å². The van der Waals surface area contributed by atoms with E-state index in [4.69, 9.17) is 16.6 Å². The van der Waals surface area contributed by atoms with Crippen molar-refractivity contribution in [3.8, 4) is 11.5 Å². The lowest BCUT2D eigenvalue weighted by Gasteiger charge is -2.10. The lowest BCUT2D eigenvalue weighted by atomic mass is 10.1. The van der Waals surface area contributed by atoms with Gasteiger partial charge >= 0.3 is 5.97 Å². The highest BCUT2D eigenvalue weighted by Crippen LogP contribution is 2.44. The molecule has 286 valence electrons. The Morgan fingerprint density at radius 1 is 0.643 bits per heavy atom. The number of carboxylic acid groups (broad SMARTS) is 1. The molecule has 0 amide bonds. The van der Waals surface area contributed by atoms with Gasteiger partial charge in [-0.25, -0.2) is 0 Å². The van der Waals surface area contributed by atoms with Gasteiger partial charge in [0, 0.05) is 22.1 Å². The average Bonchev–Trinajstić information content (AvgIpc) is 3.13. The Morgan fingerprint density at radius 2 is 1.12 bits per heavy atom. The molecule has 0 atom stereocenters. The van der Waals surface area contributed by atoms with Crippen molar-refractivity contribution >= 4 is 98.9 Å². The number of phenolic OH excluding ortho intramolecular Hbond substituents is 2. The molecule has 0 aliphatic carbocycles. The molecule has 0 saturated heterocycles. The number of anilines is 3. The standard InChI is InChI=1S/C35H29N9O10S2/c1-17-10-28(26(37)15-27(17)38-16-31(45)46)42-39-21-3-5-22(6-4-21)40-43-32-30(56(52,53)54)14-19-12-23(7-9-25(19)35(32)48)41-44-33-29(55(49,50)51)13-18-11-20(36)2-8-24(18)34(33)47/h2-15,38,47-48H,16,36-37H2,1H3,(H,45,46)(H,49,50,51)(H,52,53,54). The second kappa shape index (κ2) is 15.0. The third kappa shape index (κ3) is 8.34. The van der Waals surface area contributed by atoms with Crippen LogP contribution < -0.4 is 16.8 Å². The fraction of sp³-hybridized carbons (Fsp3) is 0.0571. The Morgan fingerprint density at radius 3 is 1.66 bits per heavy atom. The summed E-state index contributed by atoms with van der Waals surface area (Å²) in [5.41, 5.74) is 13.3. The first-order chi connectivity index (χ1) is 26.4. The molecule has 10 N–H and O–H groups in total. The Balaban J connectivity index is 1.28. The molecule has 21 heteroatoms. The summed E-state index contributed by atoms with van der Waals surface area (Å²) in [4.78, 5) is 9.30. The van der Waals surface area contributed by atoms with Gasteiger partial charge in [0.1, 0.15) is 33.4 Å². The zero-order valence-electron chi connectivity index (χ0n) is 28.7. The molecule has 0 saturated carbocycles. The SMILES string of the molecule is Cc1cc(N=Nc2ccc(N=Nc3c(S(=O)(=O)O)cc4cc(N=Nc5c(S(=O)(=O)O)cc6cc(N)ccc6c5O)ccc4c3O)cc2)c(N)cc1NCC(=O)O. The molecule has 0 radical (unpaired) electrons. The van der Waals surface area contributed by atoms with Crippen molar-refractivity contribution in [3.05, 3.63) is 90.5 Å². The molecule has 0 aliphatic heterocycles. The van der Waals surface area contributed by atoms with Crippen LogP contribution in [0.4, 0.5) is 51.2 Å². The molecule has 6 aromatic carbocycles. The van der Waals surface area contributed by atoms with Gasteiger partial charge < -0.3 is 32.1 Å². The van der Waals surface area contributed by atoms with Gasteiger partial charge in [-0.1, -0.05) is 0 Å². The Kier molecular flexibility index (Phi) is 10.3. The maximum Gasteiger partial charge on any atom is 0.322 e. The number of hydrogen-bond acceptors (Lipinski definition) is 16. The molecule has 0 bridgehead atoms. The van der Waals surface area contributed by atoms with E-state index in [1.807, 2.05) is 0 Å². The zero-order valence-corrected chi connectivity index (χ0v) is 30.4. The number of aromatic hydroxyl groups is 2. The maximum atomic E-state index is 12.4. The minimum atomic E-state index is -5.00. The van der Waals surface area contributed by atoms with Crippen molar-refractivity contribution in [2.45, 2.75) is 16.7 Å². The molecular formula is C35H29N9O10S2. The van der Waals surface area contributed by atoms with E-state index in [0.717, 1.165) is 12.1 Å². The summed E-state index contributed by atoms with van der Waals surface area (Å²) in [6, 6.07) is 19.4. The third-order valence-electron chi connectivity index (χ3n) is 8.12. The Labute approximate surface area is 316 Å². The molecule has 0 heterocycles. The molecule has 56 heavy (non-hydrogen) atoms. The smallest absolute Gasteiger partial charge is 0.322 e. The number of rotatable bonds is 11. The molecule has 6 rings (SSSR count). The van der Waals surface area contributed by atoms with Crippen molar-refractivity contribution in [1.29, 1.82) is 0 Å². The van der Waals surface area contributed by atoms with Crippen LogP contribution in [0.5, 0.6) is 11.5 Å². The second-order valence-corrected chi connectivity index (χ2v) is 14.8. The lowest BCUT2D eigenvalue weighted by molar-refractivity contribution is -0.134. The molecule has 19 nitrogen and oxygen atoms in total. The summed E-state index contributed by atoms with van der Waals surface area (Å²) in [6.07, 6.45) is 0. The van der Waals surface area contributed by atoms with Gasteiger partial charge in [-0.2, -0.15) is 32.2 Å². The zero-order chi connectivity index (χ0) is 40.5. The van der Waals surface area contributed by atoms with Gasteiger partial charge in [-0.3, -0.25) is 13.9 Å². The van der Waals surface area contributed by atoms with Crippen LogP contribution in [-0.4, -0.2) is 53.8 Å². The van der Waals surface area contributed by atoms with Crippen LogP contribution in [0.15, 0.2) is 125 Å². The van der Waals surface area contributed by atoms with E-state index in [9.17, 15) is 40.9 Å². The number of phenols is 2. The number of nitrogens with zero attached hydrogens (tertiary/aromatic N) is 6. The number of nitrogens with two attached hydrogens (primary N) is 2. The Bertz CT molecular complexity index is 2900. The number of hydrogen-bond donors (Lipinski definition) is 8. The van der Waals surface area contributed by atoms with Crippen molar-refractivity contribution in [1.82, 2.24) is 0 Å². The van der Waals surface area contributed by atoms with Gasteiger partial charge in [0.15, 0.2) is 11.5 Å². The number of carboxylic acids is 1. The number of aryl methyl sites for hydroxylation is 1. The van der Waals surface area contributed by atoms with E-state index < -0.39 is 58.9 Å². The van der Waals surface area contributed by atoms with E-state index >= 15 is 0 Å². The minimum Gasteiger partial charge on any atom is -0.505 e. The lowest BCUT2D eigenvalue weighted by Crippen LogP contribution is -2.13. The van der Waals surface area contributed by atoms with Crippen LogP contribution in [0, 0.1) is 6.92 Å². The van der Waals surface area contributed by atoms with Crippen LogP contribution in [0.25, 0.3) is 21.5 Å². The molecule has 0 unspecified atom stereocenters. The van der Waals surface area contributed by atoms with E-state index in [0.29, 0.717) is 22.6 Å². The van der Waals surface area contributed by atoms with Crippen LogP contribution in [-0.2, 0) is 25.0 Å². The fourth-order valence-corrected chi connectivity index (χ4v) is 6.74. The first kappa shape index (κ1) is 38.6. The van der Waals surface area contributed by atoms with Crippen LogP contribution in [0.1, 0.15) is 5.56 Å². The highest BCUT2D eigenvalue weighted by atomic mass is 32.2. The van der Waals surface area contributed by atoms with Gasteiger partial charge in [0.05, 0.1) is 22.7 Å². The number of nitrogens with one attached hydrogen (secondary N) is 1. The largest absolute Gasteiger partial charge is 0.505 e. The summed E-state index contributed by atoms with van der Waals surface area (Å²) in [5.74, 6) is -2.31. The molecule has 6 aromatic rings. The first-order valence-electron chi connectivity index (χ1n) is 15.9. The van der Waals surface area contributed by atoms with Gasteiger partial charge in [0.25, 0.3) is 20.2 Å².